The second-order valence-corrected chi connectivity index (χ2v) is 11.3. The summed E-state index contributed by atoms with van der Waals surface area (Å²) in [5, 5.41) is 0. The number of hydrogen-bond donors (Lipinski definition) is 2. The van der Waals surface area contributed by atoms with E-state index in [1.54, 1.807) is 12.1 Å². The largest absolute Gasteiger partial charge is 0.341 e. The van der Waals surface area contributed by atoms with Gasteiger partial charge in [-0.1, -0.05) is 42.5 Å². The molecule has 33 heavy (non-hydrogen) atoms. The number of nitrogens with one attached hydrogen (secondary N) is 1. The van der Waals surface area contributed by atoms with E-state index in [0.29, 0.717) is 18.9 Å². The predicted octanol–water partition coefficient (Wildman–Crippen LogP) is 3.45. The van der Waals surface area contributed by atoms with E-state index in [-0.39, 0.29) is 22.8 Å². The molecule has 0 saturated heterocycles. The van der Waals surface area contributed by atoms with Crippen LogP contribution < -0.4 is 10.5 Å². The molecule has 2 fully saturated rings. The molecule has 0 heterocycles. The van der Waals surface area contributed by atoms with Crippen LogP contribution in [-0.2, 0) is 21.2 Å². The second-order valence-electron chi connectivity index (χ2n) is 9.60. The van der Waals surface area contributed by atoms with Crippen molar-refractivity contribution in [3.63, 3.8) is 0 Å². The molecule has 2 aromatic carbocycles. The van der Waals surface area contributed by atoms with E-state index in [2.05, 4.69) is 16.9 Å². The van der Waals surface area contributed by atoms with Gasteiger partial charge in [0.05, 0.1) is 10.9 Å². The molecule has 0 unspecified atom stereocenters. The third-order valence-electron chi connectivity index (χ3n) is 7.34. The number of nitrogens with zero attached hydrogens (tertiary/aromatic N) is 1. The van der Waals surface area contributed by atoms with E-state index >= 15 is 0 Å². The number of hydrogen-bond acceptors (Lipinski definition) is 4. The molecule has 0 radical (unpaired) electrons. The Balaban J connectivity index is 1.29. The molecule has 2 aromatic rings. The van der Waals surface area contributed by atoms with E-state index < -0.39 is 16.1 Å². The van der Waals surface area contributed by atoms with Crippen LogP contribution in [0.2, 0.25) is 0 Å². The summed E-state index contributed by atoms with van der Waals surface area (Å²) in [5.74, 6) is 0.136. The number of sulfonamides is 1. The summed E-state index contributed by atoms with van der Waals surface area (Å²) in [4.78, 5) is 14.8. The highest BCUT2D eigenvalue weighted by Gasteiger charge is 2.35. The van der Waals surface area contributed by atoms with Crippen molar-refractivity contribution in [2.45, 2.75) is 74.4 Å². The lowest BCUT2D eigenvalue weighted by Crippen LogP contribution is -2.52. The number of rotatable bonds is 8. The molecule has 1 amide bonds. The molecule has 0 spiro atoms. The van der Waals surface area contributed by atoms with Crippen LogP contribution in [0.4, 0.5) is 0 Å². The fourth-order valence-corrected chi connectivity index (χ4v) is 6.20. The molecule has 7 heteroatoms. The van der Waals surface area contributed by atoms with Gasteiger partial charge in [-0.15, -0.1) is 0 Å². The van der Waals surface area contributed by atoms with Gasteiger partial charge in [-0.25, -0.2) is 13.1 Å². The van der Waals surface area contributed by atoms with Crippen molar-refractivity contribution in [2.75, 3.05) is 7.05 Å². The lowest BCUT2D eigenvalue weighted by atomic mass is 9.81. The first-order valence-electron chi connectivity index (χ1n) is 12.0. The quantitative estimate of drug-likeness (QED) is 0.619. The molecule has 1 atom stereocenters. The minimum absolute atomic E-state index is 0.0272. The van der Waals surface area contributed by atoms with Gasteiger partial charge in [0.2, 0.25) is 15.9 Å². The zero-order valence-electron chi connectivity index (χ0n) is 19.3. The van der Waals surface area contributed by atoms with Crippen molar-refractivity contribution in [1.29, 1.82) is 0 Å². The van der Waals surface area contributed by atoms with Crippen molar-refractivity contribution in [2.24, 2.45) is 11.7 Å². The lowest BCUT2D eigenvalue weighted by Gasteiger charge is -2.38. The second kappa shape index (κ2) is 10.4. The fraction of sp³-hybridized carbons (Fsp3) is 0.500. The number of nitrogens with two attached hydrogens (primary N) is 1. The topological polar surface area (TPSA) is 92.5 Å². The van der Waals surface area contributed by atoms with E-state index in [1.165, 1.54) is 12.0 Å². The molecule has 3 N–H and O–H groups in total. The maximum atomic E-state index is 12.9. The van der Waals surface area contributed by atoms with Gasteiger partial charge >= 0.3 is 0 Å². The summed E-state index contributed by atoms with van der Waals surface area (Å²) in [6, 6.07) is 16.9. The van der Waals surface area contributed by atoms with Crippen LogP contribution in [0.1, 0.15) is 56.1 Å². The molecule has 4 rings (SSSR count). The third kappa shape index (κ3) is 5.83. The van der Waals surface area contributed by atoms with Crippen LogP contribution in [0.5, 0.6) is 0 Å². The Kier molecular flexibility index (Phi) is 7.51. The number of amides is 1. The van der Waals surface area contributed by atoms with Crippen LogP contribution >= 0.6 is 0 Å². The molecule has 178 valence electrons. The van der Waals surface area contributed by atoms with Gasteiger partial charge in [0, 0.05) is 19.1 Å². The number of benzene rings is 2. The Morgan fingerprint density at radius 1 is 0.970 bits per heavy atom. The van der Waals surface area contributed by atoms with Gasteiger partial charge in [0.1, 0.15) is 0 Å². The van der Waals surface area contributed by atoms with Crippen molar-refractivity contribution in [1.82, 2.24) is 9.62 Å². The standard InChI is InChI=1S/C26H35N3O3S/c1-29(23-8-5-9-23)26(30)25(27)21-12-14-22(15-13-21)28-33(31,32)24-16-10-20(11-17-24)18-19-6-3-2-4-7-19/h2-4,6-7,10-11,16-17,21-23,25,28H,5,8-9,12-15,18,27H2,1H3/t21?,22?,25-/m0/s1. The molecule has 0 aliphatic heterocycles. The Labute approximate surface area is 197 Å². The molecule has 2 aliphatic rings. The highest BCUT2D eigenvalue weighted by Crippen LogP contribution is 2.30. The van der Waals surface area contributed by atoms with Gasteiger partial charge in [-0.3, -0.25) is 4.79 Å². The zero-order valence-corrected chi connectivity index (χ0v) is 20.1. The fourth-order valence-electron chi connectivity index (χ4n) is 4.89. The normalized spacial score (nSPS) is 22.4. The van der Waals surface area contributed by atoms with Crippen LogP contribution in [-0.4, -0.2) is 44.4 Å². The minimum Gasteiger partial charge on any atom is -0.341 e. The minimum atomic E-state index is -3.58. The van der Waals surface area contributed by atoms with Gasteiger partial charge < -0.3 is 10.6 Å². The highest BCUT2D eigenvalue weighted by molar-refractivity contribution is 7.89. The lowest BCUT2D eigenvalue weighted by molar-refractivity contribution is -0.136. The van der Waals surface area contributed by atoms with Crippen LogP contribution in [0.3, 0.4) is 0 Å². The first-order valence-corrected chi connectivity index (χ1v) is 13.5. The Hall–Kier alpha value is -2.22. The van der Waals surface area contributed by atoms with Crippen LogP contribution in [0, 0.1) is 5.92 Å². The number of likely N-dealkylation sites (N-methyl/N-ethyl adjacent to an activating group) is 1. The summed E-state index contributed by atoms with van der Waals surface area (Å²) < 4.78 is 28.7. The number of carbonyl (C=O) groups excluding carboxylic acids is 1. The van der Waals surface area contributed by atoms with Crippen LogP contribution in [0.15, 0.2) is 59.5 Å². The maximum absolute atomic E-state index is 12.9. The highest BCUT2D eigenvalue weighted by atomic mass is 32.2. The summed E-state index contributed by atoms with van der Waals surface area (Å²) >= 11 is 0. The summed E-state index contributed by atoms with van der Waals surface area (Å²) in [5.41, 5.74) is 8.58. The van der Waals surface area contributed by atoms with Crippen LogP contribution in [0.25, 0.3) is 0 Å². The van der Waals surface area contributed by atoms with Gasteiger partial charge in [-0.05, 0) is 80.5 Å². The Bertz CT molecular complexity index is 1030. The molecule has 6 nitrogen and oxygen atoms in total. The zero-order chi connectivity index (χ0) is 23.4. The van der Waals surface area contributed by atoms with E-state index in [9.17, 15) is 13.2 Å². The monoisotopic (exact) mass is 469 g/mol. The number of carbonyl (C=O) groups is 1. The van der Waals surface area contributed by atoms with Crippen molar-refractivity contribution < 1.29 is 13.2 Å². The average molecular weight is 470 g/mol. The summed E-state index contributed by atoms with van der Waals surface area (Å²) in [6.45, 7) is 0. The summed E-state index contributed by atoms with van der Waals surface area (Å²) in [7, 11) is -1.72. The van der Waals surface area contributed by atoms with E-state index in [1.807, 2.05) is 42.3 Å². The maximum Gasteiger partial charge on any atom is 0.240 e. The Morgan fingerprint density at radius 2 is 1.58 bits per heavy atom. The summed E-state index contributed by atoms with van der Waals surface area (Å²) in [6.07, 6.45) is 7.00. The van der Waals surface area contributed by atoms with E-state index in [0.717, 1.165) is 37.7 Å². The first-order chi connectivity index (χ1) is 15.8. The first kappa shape index (κ1) is 23.9. The molecular weight excluding hydrogens is 434 g/mol. The molecule has 2 aliphatic carbocycles. The van der Waals surface area contributed by atoms with Gasteiger partial charge in [-0.2, -0.15) is 0 Å². The van der Waals surface area contributed by atoms with Crippen molar-refractivity contribution in [3.8, 4) is 0 Å². The van der Waals surface area contributed by atoms with Crippen molar-refractivity contribution in [3.05, 3.63) is 65.7 Å². The average Bonchev–Trinajstić information content (AvgIpc) is 2.78. The molecule has 2 saturated carbocycles. The SMILES string of the molecule is CN(C(=O)[C@@H](N)C1CCC(NS(=O)(=O)c2ccc(Cc3ccccc3)cc2)CC1)C1CCC1. The predicted molar refractivity (Wildman–Crippen MR) is 130 cm³/mol. The molecule has 0 aromatic heterocycles. The molecular formula is C26H35N3O3S. The third-order valence-corrected chi connectivity index (χ3v) is 8.88. The van der Waals surface area contributed by atoms with Gasteiger partial charge in [0.15, 0.2) is 0 Å². The van der Waals surface area contributed by atoms with Crippen molar-refractivity contribution >= 4 is 15.9 Å². The smallest absolute Gasteiger partial charge is 0.240 e. The van der Waals surface area contributed by atoms with Gasteiger partial charge in [0.25, 0.3) is 0 Å². The molecule has 0 bridgehead atoms. The van der Waals surface area contributed by atoms with E-state index in [4.69, 9.17) is 5.73 Å². The Morgan fingerprint density at radius 3 is 2.15 bits per heavy atom.